The van der Waals surface area contributed by atoms with E-state index in [2.05, 4.69) is 9.72 Å². The summed E-state index contributed by atoms with van der Waals surface area (Å²) in [6.45, 7) is 2.86. The van der Waals surface area contributed by atoms with E-state index in [0.29, 0.717) is 18.5 Å². The number of esters is 1. The Morgan fingerprint density at radius 2 is 1.89 bits per heavy atom. The highest BCUT2D eigenvalue weighted by Crippen LogP contribution is 2.10. The molecule has 0 aliphatic heterocycles. The molecule has 0 fully saturated rings. The maximum atomic E-state index is 11.5. The Kier molecular flexibility index (Phi) is 4.71. The first-order valence-electron chi connectivity index (χ1n) is 5.53. The number of ether oxygens (including phenoxy) is 1. The molecule has 0 saturated carbocycles. The normalized spacial score (nSPS) is 9.94. The Morgan fingerprint density at radius 1 is 1.22 bits per heavy atom. The lowest BCUT2D eigenvalue weighted by atomic mass is 10.1. The number of rotatable bonds is 5. The van der Waals surface area contributed by atoms with Crippen LogP contribution in [0.1, 0.15) is 46.8 Å². The number of aromatic nitrogens is 1. The van der Waals surface area contributed by atoms with E-state index in [1.807, 2.05) is 0 Å². The van der Waals surface area contributed by atoms with E-state index in [9.17, 15) is 14.4 Å². The summed E-state index contributed by atoms with van der Waals surface area (Å²) in [5.74, 6) is -0.724. The van der Waals surface area contributed by atoms with E-state index in [4.69, 9.17) is 0 Å². The van der Waals surface area contributed by atoms with E-state index in [-0.39, 0.29) is 22.8 Å². The molecule has 0 amide bonds. The number of hydrogen-bond donors (Lipinski definition) is 0. The van der Waals surface area contributed by atoms with Crippen LogP contribution in [-0.2, 0) is 16.0 Å². The van der Waals surface area contributed by atoms with Gasteiger partial charge < -0.3 is 9.53 Å². The lowest BCUT2D eigenvalue weighted by Gasteiger charge is -2.05. The van der Waals surface area contributed by atoms with Crippen LogP contribution in [0.15, 0.2) is 12.1 Å². The van der Waals surface area contributed by atoms with Crippen LogP contribution >= 0.6 is 0 Å². The maximum Gasteiger partial charge on any atom is 0.337 e. The van der Waals surface area contributed by atoms with Gasteiger partial charge in [-0.3, -0.25) is 4.79 Å². The van der Waals surface area contributed by atoms with Crippen LogP contribution in [0.3, 0.4) is 0 Å². The van der Waals surface area contributed by atoms with Gasteiger partial charge in [0.15, 0.2) is 5.78 Å². The second-order valence-electron chi connectivity index (χ2n) is 3.98. The quantitative estimate of drug-likeness (QED) is 0.585. The van der Waals surface area contributed by atoms with Crippen LogP contribution in [0, 0.1) is 0 Å². The van der Waals surface area contributed by atoms with Gasteiger partial charge in [0, 0.05) is 19.0 Å². The lowest BCUT2D eigenvalue weighted by molar-refractivity contribution is -0.117. The first kappa shape index (κ1) is 14.0. The van der Waals surface area contributed by atoms with Gasteiger partial charge in [-0.2, -0.15) is 0 Å². The van der Waals surface area contributed by atoms with Crippen LogP contribution in [0.5, 0.6) is 0 Å². The highest BCUT2D eigenvalue weighted by Gasteiger charge is 2.12. The summed E-state index contributed by atoms with van der Waals surface area (Å²) in [4.78, 5) is 37.8. The Balaban J connectivity index is 3.09. The predicted octanol–water partition coefficient (Wildman–Crippen LogP) is 1.59. The Hall–Kier alpha value is -2.04. The highest BCUT2D eigenvalue weighted by molar-refractivity contribution is 5.96. The zero-order valence-corrected chi connectivity index (χ0v) is 10.6. The molecule has 0 atom stereocenters. The summed E-state index contributed by atoms with van der Waals surface area (Å²) in [5.41, 5.74) is 1.02. The fourth-order valence-electron chi connectivity index (χ4n) is 1.44. The van der Waals surface area contributed by atoms with Crippen LogP contribution in [0.25, 0.3) is 0 Å². The molecule has 0 aromatic carbocycles. The van der Waals surface area contributed by atoms with Crippen molar-refractivity contribution in [3.63, 3.8) is 0 Å². The van der Waals surface area contributed by atoms with E-state index in [1.165, 1.54) is 27.0 Å². The molecule has 96 valence electrons. The molecule has 5 heteroatoms. The predicted molar refractivity (Wildman–Crippen MR) is 64.6 cm³/mol. The van der Waals surface area contributed by atoms with Crippen molar-refractivity contribution >= 4 is 17.5 Å². The van der Waals surface area contributed by atoms with Crippen molar-refractivity contribution in [3.8, 4) is 0 Å². The minimum Gasteiger partial charge on any atom is -0.465 e. The lowest BCUT2D eigenvalue weighted by Crippen LogP contribution is -2.09. The highest BCUT2D eigenvalue weighted by atomic mass is 16.5. The summed E-state index contributed by atoms with van der Waals surface area (Å²) in [5, 5.41) is 0. The van der Waals surface area contributed by atoms with Crippen LogP contribution in [0.2, 0.25) is 0 Å². The monoisotopic (exact) mass is 249 g/mol. The zero-order chi connectivity index (χ0) is 13.7. The van der Waals surface area contributed by atoms with Gasteiger partial charge in [0.1, 0.15) is 11.5 Å². The van der Waals surface area contributed by atoms with Gasteiger partial charge in [-0.25, -0.2) is 9.78 Å². The summed E-state index contributed by atoms with van der Waals surface area (Å²) in [6, 6.07) is 2.94. The molecule has 0 N–H and O–H groups in total. The summed E-state index contributed by atoms with van der Waals surface area (Å²) in [6.07, 6.45) is 0.732. The number of carbonyl (C=O) groups excluding carboxylic acids is 3. The van der Waals surface area contributed by atoms with Gasteiger partial charge in [0.05, 0.1) is 12.7 Å². The van der Waals surface area contributed by atoms with Gasteiger partial charge in [-0.1, -0.05) is 0 Å². The number of carbonyl (C=O) groups is 3. The largest absolute Gasteiger partial charge is 0.465 e. The van der Waals surface area contributed by atoms with Crippen molar-refractivity contribution < 1.29 is 19.1 Å². The molecule has 0 bridgehead atoms. The van der Waals surface area contributed by atoms with Crippen LogP contribution in [-0.4, -0.2) is 29.6 Å². The number of aryl methyl sites for hydroxylation is 1. The molecule has 0 aliphatic carbocycles. The summed E-state index contributed by atoms with van der Waals surface area (Å²) >= 11 is 0. The van der Waals surface area contributed by atoms with Gasteiger partial charge in [0.25, 0.3) is 0 Å². The molecule has 1 rings (SSSR count). The first-order valence-corrected chi connectivity index (χ1v) is 5.53. The average Bonchev–Trinajstić information content (AvgIpc) is 2.34. The fraction of sp³-hybridized carbons (Fsp3) is 0.385. The third-order valence-corrected chi connectivity index (χ3v) is 2.39. The number of nitrogens with zero attached hydrogens (tertiary/aromatic N) is 1. The molecule has 18 heavy (non-hydrogen) atoms. The van der Waals surface area contributed by atoms with Crippen molar-refractivity contribution in [2.45, 2.75) is 26.7 Å². The molecular formula is C13H15NO4. The second-order valence-corrected chi connectivity index (χ2v) is 3.98. The summed E-state index contributed by atoms with van der Waals surface area (Å²) < 4.78 is 4.61. The van der Waals surface area contributed by atoms with Gasteiger partial charge in [-0.15, -0.1) is 0 Å². The Labute approximate surface area is 105 Å². The van der Waals surface area contributed by atoms with E-state index in [0.717, 1.165) is 0 Å². The maximum absolute atomic E-state index is 11.5. The van der Waals surface area contributed by atoms with E-state index < -0.39 is 5.97 Å². The smallest absolute Gasteiger partial charge is 0.337 e. The fourth-order valence-corrected chi connectivity index (χ4v) is 1.44. The molecule has 0 unspecified atom stereocenters. The van der Waals surface area contributed by atoms with Gasteiger partial charge in [-0.05, 0) is 25.5 Å². The molecule has 1 aromatic rings. The van der Waals surface area contributed by atoms with Crippen LogP contribution < -0.4 is 0 Å². The molecule has 0 spiro atoms. The van der Waals surface area contributed by atoms with Crippen molar-refractivity contribution in [3.05, 3.63) is 29.1 Å². The zero-order valence-electron chi connectivity index (χ0n) is 10.6. The molecule has 0 aliphatic rings. The number of pyridine rings is 1. The average molecular weight is 249 g/mol. The molecule has 1 aromatic heterocycles. The minimum atomic E-state index is -0.524. The van der Waals surface area contributed by atoms with E-state index >= 15 is 0 Å². The van der Waals surface area contributed by atoms with Gasteiger partial charge >= 0.3 is 5.97 Å². The standard InChI is InChI=1S/C13H15NO4/c1-8(15)4-5-11-6-10(13(17)18-3)7-12(14-11)9(2)16/h6-7H,4-5H2,1-3H3. The Bertz CT molecular complexity index is 494. The van der Waals surface area contributed by atoms with Crippen molar-refractivity contribution in [1.82, 2.24) is 4.98 Å². The molecular weight excluding hydrogens is 234 g/mol. The number of ketones is 2. The third-order valence-electron chi connectivity index (χ3n) is 2.39. The topological polar surface area (TPSA) is 73.3 Å². The molecule has 1 heterocycles. The molecule has 0 radical (unpaired) electrons. The minimum absolute atomic E-state index is 0.0321. The Morgan fingerprint density at radius 3 is 2.39 bits per heavy atom. The van der Waals surface area contributed by atoms with Crippen molar-refractivity contribution in [2.24, 2.45) is 0 Å². The van der Waals surface area contributed by atoms with Crippen molar-refractivity contribution in [2.75, 3.05) is 7.11 Å². The van der Waals surface area contributed by atoms with Gasteiger partial charge in [0.2, 0.25) is 0 Å². The third kappa shape index (κ3) is 3.76. The first-order chi connectivity index (χ1) is 8.43. The summed E-state index contributed by atoms with van der Waals surface area (Å²) in [7, 11) is 1.27. The van der Waals surface area contributed by atoms with E-state index in [1.54, 1.807) is 6.07 Å². The molecule has 5 nitrogen and oxygen atoms in total. The number of methoxy groups -OCH3 is 1. The SMILES string of the molecule is COC(=O)c1cc(CCC(C)=O)nc(C(C)=O)c1. The number of Topliss-reactive ketones (excluding diaryl/α,β-unsaturated/α-hetero) is 2. The van der Waals surface area contributed by atoms with Crippen LogP contribution in [0.4, 0.5) is 0 Å². The van der Waals surface area contributed by atoms with Crippen molar-refractivity contribution in [1.29, 1.82) is 0 Å². The molecule has 0 saturated heterocycles. The second kappa shape index (κ2) is 6.05. The number of hydrogen-bond acceptors (Lipinski definition) is 5.